The van der Waals surface area contributed by atoms with E-state index in [0.29, 0.717) is 12.1 Å². The third-order valence-corrected chi connectivity index (χ3v) is 3.29. The van der Waals surface area contributed by atoms with Gasteiger partial charge >= 0.3 is 0 Å². The number of nitriles is 1. The van der Waals surface area contributed by atoms with Gasteiger partial charge in [-0.15, -0.1) is 0 Å². The maximum absolute atomic E-state index is 9.65. The van der Waals surface area contributed by atoms with Crippen molar-refractivity contribution in [1.29, 1.82) is 5.26 Å². The minimum Gasteiger partial charge on any atom is -0.496 e. The van der Waals surface area contributed by atoms with Crippen LogP contribution in [0.4, 0.5) is 0 Å². The van der Waals surface area contributed by atoms with Crippen LogP contribution in [0.3, 0.4) is 0 Å². The number of aliphatic hydroxyl groups is 1. The van der Waals surface area contributed by atoms with Crippen LogP contribution in [-0.4, -0.2) is 36.3 Å². The van der Waals surface area contributed by atoms with Crippen LogP contribution in [0, 0.1) is 11.3 Å². The molecular formula is C14H18N2O2. The van der Waals surface area contributed by atoms with Gasteiger partial charge in [0.1, 0.15) is 5.75 Å². The van der Waals surface area contributed by atoms with Crippen molar-refractivity contribution in [2.75, 3.05) is 20.2 Å². The average Bonchev–Trinajstić information content (AvgIpc) is 2.39. The fourth-order valence-electron chi connectivity index (χ4n) is 2.36. The first-order valence-corrected chi connectivity index (χ1v) is 6.20. The Morgan fingerprint density at radius 2 is 2.39 bits per heavy atom. The van der Waals surface area contributed by atoms with E-state index >= 15 is 0 Å². The smallest absolute Gasteiger partial charge is 0.124 e. The van der Waals surface area contributed by atoms with E-state index in [-0.39, 0.29) is 6.10 Å². The number of nitrogens with zero attached hydrogens (tertiary/aromatic N) is 2. The highest BCUT2D eigenvalue weighted by molar-refractivity contribution is 5.42. The highest BCUT2D eigenvalue weighted by Gasteiger charge is 2.18. The first-order valence-electron chi connectivity index (χ1n) is 6.20. The largest absolute Gasteiger partial charge is 0.496 e. The predicted molar refractivity (Wildman–Crippen MR) is 68.2 cm³/mol. The Morgan fingerprint density at radius 1 is 1.56 bits per heavy atom. The second kappa shape index (κ2) is 5.85. The van der Waals surface area contributed by atoms with Gasteiger partial charge in [0, 0.05) is 18.7 Å². The Morgan fingerprint density at radius 3 is 3.06 bits per heavy atom. The number of hydrogen-bond acceptors (Lipinski definition) is 4. The molecule has 1 aromatic rings. The Bertz CT molecular complexity index is 454. The summed E-state index contributed by atoms with van der Waals surface area (Å²) >= 11 is 0. The lowest BCUT2D eigenvalue weighted by Gasteiger charge is -2.30. The molecule has 1 aromatic carbocycles. The van der Waals surface area contributed by atoms with E-state index in [1.165, 1.54) is 0 Å². The van der Waals surface area contributed by atoms with Gasteiger partial charge in [0.25, 0.3) is 0 Å². The maximum Gasteiger partial charge on any atom is 0.124 e. The van der Waals surface area contributed by atoms with Gasteiger partial charge in [-0.2, -0.15) is 5.26 Å². The number of ether oxygens (including phenoxy) is 1. The number of hydrogen-bond donors (Lipinski definition) is 1. The Hall–Kier alpha value is -1.57. The molecule has 1 aliphatic rings. The van der Waals surface area contributed by atoms with E-state index in [1.807, 2.05) is 6.07 Å². The van der Waals surface area contributed by atoms with Crippen molar-refractivity contribution >= 4 is 0 Å². The average molecular weight is 246 g/mol. The molecule has 2 rings (SSSR count). The number of β-amino-alcohol motifs (C(OH)–C–C–N with tert-alkyl or cyclic N) is 1. The minimum atomic E-state index is -0.219. The number of aliphatic hydroxyl groups excluding tert-OH is 1. The summed E-state index contributed by atoms with van der Waals surface area (Å²) in [7, 11) is 1.62. The van der Waals surface area contributed by atoms with Gasteiger partial charge < -0.3 is 9.84 Å². The summed E-state index contributed by atoms with van der Waals surface area (Å²) in [5, 5.41) is 18.5. The summed E-state index contributed by atoms with van der Waals surface area (Å²) in [6, 6.07) is 7.60. The first-order chi connectivity index (χ1) is 8.72. The Balaban J connectivity index is 2.11. The van der Waals surface area contributed by atoms with Gasteiger partial charge in [0.05, 0.1) is 24.8 Å². The van der Waals surface area contributed by atoms with Crippen LogP contribution in [0.25, 0.3) is 0 Å². The van der Waals surface area contributed by atoms with Crippen molar-refractivity contribution in [3.8, 4) is 11.8 Å². The zero-order valence-electron chi connectivity index (χ0n) is 10.6. The van der Waals surface area contributed by atoms with Crippen LogP contribution in [0.1, 0.15) is 24.0 Å². The second-order valence-corrected chi connectivity index (χ2v) is 4.67. The Labute approximate surface area is 107 Å². The fourth-order valence-corrected chi connectivity index (χ4v) is 2.36. The molecule has 0 aromatic heterocycles. The van der Waals surface area contributed by atoms with Crippen molar-refractivity contribution < 1.29 is 9.84 Å². The van der Waals surface area contributed by atoms with Crippen LogP contribution >= 0.6 is 0 Å². The highest BCUT2D eigenvalue weighted by atomic mass is 16.5. The molecule has 4 heteroatoms. The summed E-state index contributed by atoms with van der Waals surface area (Å²) in [5.41, 5.74) is 1.67. The SMILES string of the molecule is COc1cc(C#N)ccc1CN1CCCC(O)C1. The molecule has 0 radical (unpaired) electrons. The highest BCUT2D eigenvalue weighted by Crippen LogP contribution is 2.23. The molecule has 0 spiro atoms. The van der Waals surface area contributed by atoms with Crippen LogP contribution < -0.4 is 4.74 Å². The standard InChI is InChI=1S/C14H18N2O2/c1-18-14-7-11(8-15)4-5-12(14)9-16-6-2-3-13(17)10-16/h4-5,7,13,17H,2-3,6,9-10H2,1H3. The molecule has 1 saturated heterocycles. The number of piperidine rings is 1. The molecule has 1 fully saturated rings. The number of benzene rings is 1. The zero-order valence-corrected chi connectivity index (χ0v) is 10.6. The normalized spacial score (nSPS) is 20.4. The molecule has 0 saturated carbocycles. The van der Waals surface area contributed by atoms with Gasteiger partial charge in [-0.25, -0.2) is 0 Å². The van der Waals surface area contributed by atoms with Crippen LogP contribution in [-0.2, 0) is 6.54 Å². The predicted octanol–water partition coefficient (Wildman–Crippen LogP) is 1.52. The summed E-state index contributed by atoms with van der Waals surface area (Å²) in [5.74, 6) is 0.745. The summed E-state index contributed by atoms with van der Waals surface area (Å²) in [4.78, 5) is 2.22. The van der Waals surface area contributed by atoms with Crippen LogP contribution in [0.2, 0.25) is 0 Å². The van der Waals surface area contributed by atoms with Gasteiger partial charge in [-0.05, 0) is 31.5 Å². The van der Waals surface area contributed by atoms with Crippen molar-refractivity contribution in [3.05, 3.63) is 29.3 Å². The quantitative estimate of drug-likeness (QED) is 0.878. The first kappa shape index (κ1) is 12.9. The molecule has 0 amide bonds. The summed E-state index contributed by atoms with van der Waals surface area (Å²) in [6.07, 6.45) is 1.70. The van der Waals surface area contributed by atoms with Crippen molar-refractivity contribution in [2.45, 2.75) is 25.5 Å². The van der Waals surface area contributed by atoms with Crippen molar-refractivity contribution in [1.82, 2.24) is 4.90 Å². The third-order valence-electron chi connectivity index (χ3n) is 3.29. The zero-order chi connectivity index (χ0) is 13.0. The minimum absolute atomic E-state index is 0.219. The van der Waals surface area contributed by atoms with E-state index in [9.17, 15) is 5.11 Å². The van der Waals surface area contributed by atoms with Crippen LogP contribution in [0.5, 0.6) is 5.75 Å². The van der Waals surface area contributed by atoms with Gasteiger partial charge in [0.15, 0.2) is 0 Å². The molecule has 1 unspecified atom stereocenters. The van der Waals surface area contributed by atoms with E-state index in [0.717, 1.165) is 37.2 Å². The molecule has 18 heavy (non-hydrogen) atoms. The molecule has 1 N–H and O–H groups in total. The monoisotopic (exact) mass is 246 g/mol. The van der Waals surface area contributed by atoms with Gasteiger partial charge in [-0.3, -0.25) is 4.90 Å². The summed E-state index contributed by atoms with van der Waals surface area (Å²) in [6.45, 7) is 2.47. The molecule has 0 bridgehead atoms. The van der Waals surface area contributed by atoms with Gasteiger partial charge in [-0.1, -0.05) is 6.07 Å². The molecule has 96 valence electrons. The third kappa shape index (κ3) is 3.00. The van der Waals surface area contributed by atoms with E-state index in [2.05, 4.69) is 11.0 Å². The number of rotatable bonds is 3. The Kier molecular flexibility index (Phi) is 4.19. The molecule has 1 atom stereocenters. The molecule has 1 heterocycles. The molecule has 0 aliphatic carbocycles. The number of methoxy groups -OCH3 is 1. The fraction of sp³-hybridized carbons (Fsp3) is 0.500. The van der Waals surface area contributed by atoms with Gasteiger partial charge in [0.2, 0.25) is 0 Å². The second-order valence-electron chi connectivity index (χ2n) is 4.67. The lowest BCUT2D eigenvalue weighted by molar-refractivity contribution is 0.0664. The number of likely N-dealkylation sites (tertiary alicyclic amines) is 1. The molecule has 1 aliphatic heterocycles. The molecular weight excluding hydrogens is 228 g/mol. The van der Waals surface area contributed by atoms with E-state index in [1.54, 1.807) is 19.2 Å². The molecule has 4 nitrogen and oxygen atoms in total. The maximum atomic E-state index is 9.65. The van der Waals surface area contributed by atoms with E-state index < -0.39 is 0 Å². The lowest BCUT2D eigenvalue weighted by Crippen LogP contribution is -2.37. The van der Waals surface area contributed by atoms with Crippen molar-refractivity contribution in [3.63, 3.8) is 0 Å². The van der Waals surface area contributed by atoms with Crippen LogP contribution in [0.15, 0.2) is 18.2 Å². The summed E-state index contributed by atoms with van der Waals surface area (Å²) < 4.78 is 5.32. The van der Waals surface area contributed by atoms with Crippen molar-refractivity contribution in [2.24, 2.45) is 0 Å². The lowest BCUT2D eigenvalue weighted by atomic mass is 10.1. The van der Waals surface area contributed by atoms with E-state index in [4.69, 9.17) is 10.00 Å². The topological polar surface area (TPSA) is 56.5 Å².